The van der Waals surface area contributed by atoms with Crippen LogP contribution in [0.1, 0.15) is 57.0 Å². The summed E-state index contributed by atoms with van der Waals surface area (Å²) < 4.78 is 26.6. The minimum Gasteiger partial charge on any atom is -0.457 e. The number of rotatable bonds is 3. The van der Waals surface area contributed by atoms with Gasteiger partial charge in [0, 0.05) is 29.6 Å². The van der Waals surface area contributed by atoms with Gasteiger partial charge >= 0.3 is 5.97 Å². The maximum absolute atomic E-state index is 15.4. The van der Waals surface area contributed by atoms with Crippen molar-refractivity contribution in [2.75, 3.05) is 0 Å². The molecule has 4 aliphatic carbocycles. The summed E-state index contributed by atoms with van der Waals surface area (Å²) in [6, 6.07) is 3.08. The quantitative estimate of drug-likeness (QED) is 0.364. The second-order valence-electron chi connectivity index (χ2n) is 10.3. The van der Waals surface area contributed by atoms with Gasteiger partial charge in [0.25, 0.3) is 0 Å². The Morgan fingerprint density at radius 1 is 1.30 bits per heavy atom. The first-order valence-corrected chi connectivity index (χ1v) is 11.8. The lowest BCUT2D eigenvalue weighted by Gasteiger charge is -2.53. The second-order valence-corrected chi connectivity index (χ2v) is 10.7. The van der Waals surface area contributed by atoms with Gasteiger partial charge in [0.2, 0.25) is 10.9 Å². The molecule has 0 radical (unpaired) electrons. The van der Waals surface area contributed by atoms with Gasteiger partial charge in [-0.3, -0.25) is 9.59 Å². The first-order valence-electron chi connectivity index (χ1n) is 11.4. The number of fused-ring (bicyclic) bond motifs is 5. The highest BCUT2D eigenvalue weighted by atomic mass is 32.1. The third-order valence-corrected chi connectivity index (χ3v) is 9.13. The van der Waals surface area contributed by atoms with E-state index >= 15 is 4.39 Å². The summed E-state index contributed by atoms with van der Waals surface area (Å²) in [5, 5.41) is -0.501. The number of halogens is 1. The molecule has 0 amide bonds. The first-order chi connectivity index (χ1) is 15.5. The van der Waals surface area contributed by atoms with Gasteiger partial charge in [0.05, 0.1) is 6.26 Å². The van der Waals surface area contributed by atoms with Crippen molar-refractivity contribution >= 4 is 29.5 Å². The van der Waals surface area contributed by atoms with Crippen LogP contribution in [-0.2, 0) is 14.3 Å². The van der Waals surface area contributed by atoms with Crippen LogP contribution in [0.15, 0.2) is 58.0 Å². The van der Waals surface area contributed by atoms with Gasteiger partial charge in [-0.15, -0.1) is 12.6 Å². The zero-order valence-corrected chi connectivity index (χ0v) is 19.8. The number of esters is 1. The van der Waals surface area contributed by atoms with Crippen molar-refractivity contribution in [3.63, 3.8) is 0 Å². The molecule has 4 aliphatic rings. The molecule has 0 saturated heterocycles. The fourth-order valence-corrected chi connectivity index (χ4v) is 7.67. The molecule has 0 N–H and O–H groups in total. The molecule has 1 fully saturated rings. The largest absolute Gasteiger partial charge is 0.457 e. The van der Waals surface area contributed by atoms with Crippen molar-refractivity contribution in [1.82, 2.24) is 0 Å². The molecule has 33 heavy (non-hydrogen) atoms. The van der Waals surface area contributed by atoms with Crippen molar-refractivity contribution < 1.29 is 27.9 Å². The van der Waals surface area contributed by atoms with E-state index in [0.29, 0.717) is 18.4 Å². The molecular formula is C26H27FO5S. The number of hydrogen-bond acceptors (Lipinski definition) is 5. The lowest BCUT2D eigenvalue weighted by atomic mass is 9.52. The molecule has 0 aromatic carbocycles. The number of hydrogen-bond donors (Lipinski definition) is 1. The van der Waals surface area contributed by atoms with E-state index in [0.717, 1.165) is 5.57 Å². The molecule has 5 rings (SSSR count). The van der Waals surface area contributed by atoms with Crippen LogP contribution in [0, 0.1) is 28.6 Å². The van der Waals surface area contributed by atoms with Crippen LogP contribution in [0.4, 0.5) is 4.39 Å². The van der Waals surface area contributed by atoms with Gasteiger partial charge in [-0.05, 0) is 55.4 Å². The molecule has 0 aliphatic heterocycles. The zero-order valence-electron chi connectivity index (χ0n) is 18.9. The third-order valence-electron chi connectivity index (χ3n) is 8.80. The first kappa shape index (κ1) is 22.4. The summed E-state index contributed by atoms with van der Waals surface area (Å²) >= 11 is 4.22. The maximum atomic E-state index is 15.4. The minimum absolute atomic E-state index is 0.0241. The third kappa shape index (κ3) is 2.87. The van der Waals surface area contributed by atoms with Crippen LogP contribution in [0.2, 0.25) is 0 Å². The van der Waals surface area contributed by atoms with E-state index in [4.69, 9.17) is 9.15 Å². The Morgan fingerprint density at radius 3 is 2.73 bits per heavy atom. The predicted molar refractivity (Wildman–Crippen MR) is 122 cm³/mol. The number of furan rings is 1. The van der Waals surface area contributed by atoms with Gasteiger partial charge in [0.15, 0.2) is 11.4 Å². The molecule has 1 heterocycles. The summed E-state index contributed by atoms with van der Waals surface area (Å²) in [7, 11) is 0. The Bertz CT molecular complexity index is 1150. The van der Waals surface area contributed by atoms with Crippen LogP contribution in [0.25, 0.3) is 0 Å². The molecule has 7 heteroatoms. The molecule has 0 bridgehead atoms. The fraction of sp³-hybridized carbons (Fsp3) is 0.500. The Morgan fingerprint density at radius 2 is 2.06 bits per heavy atom. The van der Waals surface area contributed by atoms with E-state index in [9.17, 15) is 14.4 Å². The number of allylic oxidation sites excluding steroid dienone is 6. The molecule has 6 atom stereocenters. The van der Waals surface area contributed by atoms with Crippen LogP contribution < -0.4 is 0 Å². The van der Waals surface area contributed by atoms with E-state index in [1.165, 1.54) is 12.3 Å². The van der Waals surface area contributed by atoms with E-state index in [-0.39, 0.29) is 48.0 Å². The fourth-order valence-electron chi connectivity index (χ4n) is 7.14. The average Bonchev–Trinajstić information content (AvgIpc) is 3.36. The van der Waals surface area contributed by atoms with E-state index in [1.807, 2.05) is 26.8 Å². The van der Waals surface area contributed by atoms with Crippen molar-refractivity contribution in [3.8, 4) is 0 Å². The van der Waals surface area contributed by atoms with Crippen molar-refractivity contribution in [2.24, 2.45) is 28.6 Å². The number of ketones is 1. The van der Waals surface area contributed by atoms with Crippen molar-refractivity contribution in [3.05, 3.63) is 59.4 Å². The molecule has 2 unspecified atom stereocenters. The van der Waals surface area contributed by atoms with Crippen molar-refractivity contribution in [2.45, 2.75) is 52.1 Å². The Kier molecular flexibility index (Phi) is 4.95. The predicted octanol–water partition coefficient (Wildman–Crippen LogP) is 5.40. The zero-order chi connectivity index (χ0) is 23.8. The summed E-state index contributed by atoms with van der Waals surface area (Å²) in [5.74, 6) is -1.57. The van der Waals surface area contributed by atoms with Crippen LogP contribution in [0.3, 0.4) is 0 Å². The maximum Gasteiger partial charge on any atom is 0.375 e. The molecule has 1 aromatic rings. The summed E-state index contributed by atoms with van der Waals surface area (Å²) in [5.41, 5.74) is -1.23. The molecule has 1 aromatic heterocycles. The summed E-state index contributed by atoms with van der Waals surface area (Å²) in [6.45, 7) is 5.82. The molecular weight excluding hydrogens is 443 g/mol. The van der Waals surface area contributed by atoms with Gasteiger partial charge in [-0.1, -0.05) is 31.6 Å². The monoisotopic (exact) mass is 470 g/mol. The van der Waals surface area contributed by atoms with E-state index in [1.54, 1.807) is 12.1 Å². The van der Waals surface area contributed by atoms with Crippen LogP contribution in [0.5, 0.6) is 0 Å². The normalized spacial score (nSPS) is 39.5. The smallest absolute Gasteiger partial charge is 0.375 e. The number of thiol groups is 1. The van der Waals surface area contributed by atoms with Crippen LogP contribution in [-0.4, -0.2) is 22.5 Å². The van der Waals surface area contributed by atoms with Gasteiger partial charge in [-0.25, -0.2) is 9.18 Å². The Balaban J connectivity index is 1.60. The Hall–Kier alpha value is -2.41. The minimum atomic E-state index is -1.47. The number of carbonyl (C=O) groups excluding carboxylic acids is 3. The molecule has 0 spiro atoms. The van der Waals surface area contributed by atoms with E-state index < -0.39 is 27.5 Å². The molecule has 1 saturated carbocycles. The topological polar surface area (TPSA) is 73.6 Å². The average molecular weight is 471 g/mol. The van der Waals surface area contributed by atoms with Crippen molar-refractivity contribution in [1.29, 1.82) is 0 Å². The lowest BCUT2D eigenvalue weighted by Crippen LogP contribution is -2.57. The highest BCUT2D eigenvalue weighted by Crippen LogP contribution is 2.68. The van der Waals surface area contributed by atoms with Gasteiger partial charge in [-0.2, -0.15) is 0 Å². The summed E-state index contributed by atoms with van der Waals surface area (Å²) in [4.78, 5) is 38.0. The van der Waals surface area contributed by atoms with E-state index in [2.05, 4.69) is 18.7 Å². The second kappa shape index (κ2) is 7.29. The molecule has 174 valence electrons. The molecule has 5 nitrogen and oxygen atoms in total. The highest BCUT2D eigenvalue weighted by molar-refractivity contribution is 7.96. The lowest BCUT2D eigenvalue weighted by molar-refractivity contribution is -0.150. The number of carbonyl (C=O) groups is 3. The highest BCUT2D eigenvalue weighted by Gasteiger charge is 2.70. The van der Waals surface area contributed by atoms with Crippen LogP contribution >= 0.6 is 12.6 Å². The SMILES string of the molecule is C[C@@H]1CC2C3CC(F)=C4CC(=O)C=C[C@]4(C)C3=CC[C@]2(C)[C@@]1(OC(=O)c1ccco1)C(=O)S. The van der Waals surface area contributed by atoms with Gasteiger partial charge < -0.3 is 9.15 Å². The Labute approximate surface area is 197 Å². The van der Waals surface area contributed by atoms with Gasteiger partial charge in [0.1, 0.15) is 5.83 Å². The standard InChI is InChI=1S/C26H27FO5S/c1-14-11-18-16-13-20(27)19-12-15(28)6-8-24(19,2)17(16)7-9-25(18,3)26(14,23(30)33)32-22(29)21-5-4-10-31-21/h4-8,10,14,16,18H,9,11-13H2,1-3H3,(H,30,33)/t14-,16?,18?,24-,25+,26+/m1/s1. The summed E-state index contributed by atoms with van der Waals surface area (Å²) in [6.07, 6.45) is 8.20. The number of ether oxygens (including phenoxy) is 1.